The molecule has 0 bridgehead atoms. The maximum Gasteiger partial charge on any atom is 0.0713 e. The molecule has 0 radical (unpaired) electrons. The van der Waals surface area contributed by atoms with Gasteiger partial charge in [0, 0.05) is 32.8 Å². The Labute approximate surface area is 121 Å². The van der Waals surface area contributed by atoms with Crippen molar-refractivity contribution in [2.75, 3.05) is 33.9 Å². The number of hydrogen-bond donors (Lipinski definition) is 1. The average molecular weight is 278 g/mol. The molecule has 2 unspecified atom stereocenters. The summed E-state index contributed by atoms with van der Waals surface area (Å²) in [5.41, 5.74) is 8.88. The highest BCUT2D eigenvalue weighted by Gasteiger charge is 2.30. The Morgan fingerprint density at radius 1 is 1.30 bits per heavy atom. The second kappa shape index (κ2) is 7.74. The fourth-order valence-electron chi connectivity index (χ4n) is 3.05. The molecule has 0 saturated carbocycles. The normalized spacial score (nSPS) is 23.9. The summed E-state index contributed by atoms with van der Waals surface area (Å²) < 4.78 is 10.4. The standard InChI is InChI=1S/C16H26N2O2/c1-19-10-9-18-8-4-7-15(17)16(18)14-6-3-5-13(11-14)12-20-2/h3,5-6,11,15-16H,4,7-10,12,17H2,1-2H3. The van der Waals surface area contributed by atoms with E-state index in [0.29, 0.717) is 6.61 Å². The van der Waals surface area contributed by atoms with Gasteiger partial charge in [-0.25, -0.2) is 0 Å². The molecule has 1 aromatic rings. The minimum Gasteiger partial charge on any atom is -0.383 e. The molecule has 0 amide bonds. The van der Waals surface area contributed by atoms with Gasteiger partial charge in [0.15, 0.2) is 0 Å². The van der Waals surface area contributed by atoms with E-state index in [4.69, 9.17) is 15.2 Å². The summed E-state index contributed by atoms with van der Waals surface area (Å²) in [6, 6.07) is 9.07. The van der Waals surface area contributed by atoms with Crippen molar-refractivity contribution in [2.24, 2.45) is 5.73 Å². The second-order valence-electron chi connectivity index (χ2n) is 5.46. The monoisotopic (exact) mass is 278 g/mol. The van der Waals surface area contributed by atoms with Crippen LogP contribution in [-0.2, 0) is 16.1 Å². The molecule has 1 aliphatic rings. The fraction of sp³-hybridized carbons (Fsp3) is 0.625. The first-order chi connectivity index (χ1) is 9.76. The summed E-state index contributed by atoms with van der Waals surface area (Å²) in [6.07, 6.45) is 2.25. The number of benzene rings is 1. The molecule has 2 rings (SSSR count). The lowest BCUT2D eigenvalue weighted by Crippen LogP contribution is -2.46. The second-order valence-corrected chi connectivity index (χ2v) is 5.46. The Kier molecular flexibility index (Phi) is 5.98. The summed E-state index contributed by atoms with van der Waals surface area (Å²) in [4.78, 5) is 2.45. The number of piperidine rings is 1. The number of likely N-dealkylation sites (tertiary alicyclic amines) is 1. The molecular weight excluding hydrogens is 252 g/mol. The average Bonchev–Trinajstić information content (AvgIpc) is 2.46. The molecule has 112 valence electrons. The van der Waals surface area contributed by atoms with Gasteiger partial charge in [-0.2, -0.15) is 0 Å². The van der Waals surface area contributed by atoms with Crippen LogP contribution in [0.5, 0.6) is 0 Å². The molecule has 2 N–H and O–H groups in total. The summed E-state index contributed by atoms with van der Waals surface area (Å²) in [5, 5.41) is 0. The molecule has 1 aromatic carbocycles. The van der Waals surface area contributed by atoms with Crippen LogP contribution >= 0.6 is 0 Å². The number of ether oxygens (including phenoxy) is 2. The van der Waals surface area contributed by atoms with Crippen molar-refractivity contribution >= 4 is 0 Å². The van der Waals surface area contributed by atoms with Crippen LogP contribution in [0.2, 0.25) is 0 Å². The summed E-state index contributed by atoms with van der Waals surface area (Å²) >= 11 is 0. The van der Waals surface area contributed by atoms with E-state index in [0.717, 1.165) is 26.1 Å². The lowest BCUT2D eigenvalue weighted by molar-refractivity contribution is 0.0846. The van der Waals surface area contributed by atoms with E-state index in [2.05, 4.69) is 29.2 Å². The van der Waals surface area contributed by atoms with E-state index in [9.17, 15) is 0 Å². The van der Waals surface area contributed by atoms with Crippen LogP contribution in [0.15, 0.2) is 24.3 Å². The van der Waals surface area contributed by atoms with Crippen molar-refractivity contribution < 1.29 is 9.47 Å². The third-order valence-electron chi connectivity index (χ3n) is 3.97. The zero-order valence-electron chi connectivity index (χ0n) is 12.5. The van der Waals surface area contributed by atoms with Crippen LogP contribution in [0, 0.1) is 0 Å². The van der Waals surface area contributed by atoms with Gasteiger partial charge in [-0.05, 0) is 30.5 Å². The molecule has 0 spiro atoms. The zero-order valence-corrected chi connectivity index (χ0v) is 12.5. The van der Waals surface area contributed by atoms with Crippen LogP contribution in [0.1, 0.15) is 30.0 Å². The van der Waals surface area contributed by atoms with Crippen molar-refractivity contribution in [1.82, 2.24) is 4.90 Å². The van der Waals surface area contributed by atoms with E-state index < -0.39 is 0 Å². The van der Waals surface area contributed by atoms with Gasteiger partial charge in [-0.3, -0.25) is 4.90 Å². The van der Waals surface area contributed by atoms with Crippen molar-refractivity contribution in [1.29, 1.82) is 0 Å². The largest absolute Gasteiger partial charge is 0.383 e. The Morgan fingerprint density at radius 2 is 2.15 bits per heavy atom. The predicted molar refractivity (Wildman–Crippen MR) is 80.6 cm³/mol. The molecule has 1 saturated heterocycles. The molecule has 1 fully saturated rings. The highest BCUT2D eigenvalue weighted by atomic mass is 16.5. The van der Waals surface area contributed by atoms with Gasteiger partial charge in [0.2, 0.25) is 0 Å². The Morgan fingerprint density at radius 3 is 2.90 bits per heavy atom. The number of nitrogens with two attached hydrogens (primary N) is 1. The van der Waals surface area contributed by atoms with E-state index in [1.807, 2.05) is 0 Å². The van der Waals surface area contributed by atoms with Crippen molar-refractivity contribution in [3.8, 4) is 0 Å². The molecule has 0 aliphatic carbocycles. The van der Waals surface area contributed by atoms with Gasteiger partial charge in [-0.15, -0.1) is 0 Å². The van der Waals surface area contributed by atoms with Gasteiger partial charge < -0.3 is 15.2 Å². The molecule has 1 heterocycles. The highest BCUT2D eigenvalue weighted by Crippen LogP contribution is 2.30. The SMILES string of the molecule is COCCN1CCCC(N)C1c1cccc(COC)c1. The highest BCUT2D eigenvalue weighted by molar-refractivity contribution is 5.27. The maximum absolute atomic E-state index is 6.38. The first kappa shape index (κ1) is 15.4. The third-order valence-corrected chi connectivity index (χ3v) is 3.97. The lowest BCUT2D eigenvalue weighted by atomic mass is 9.90. The minimum atomic E-state index is 0.193. The molecule has 2 atom stereocenters. The molecule has 4 nitrogen and oxygen atoms in total. The Hall–Kier alpha value is -0.940. The molecule has 20 heavy (non-hydrogen) atoms. The summed E-state index contributed by atoms with van der Waals surface area (Å²) in [6.45, 7) is 3.43. The van der Waals surface area contributed by atoms with Crippen LogP contribution in [0.25, 0.3) is 0 Å². The molecule has 1 aliphatic heterocycles. The first-order valence-corrected chi connectivity index (χ1v) is 7.32. The minimum absolute atomic E-state index is 0.193. The van der Waals surface area contributed by atoms with Gasteiger partial charge in [-0.1, -0.05) is 24.3 Å². The topological polar surface area (TPSA) is 47.7 Å². The van der Waals surface area contributed by atoms with Crippen molar-refractivity contribution in [3.63, 3.8) is 0 Å². The number of rotatable bonds is 6. The molecular formula is C16H26N2O2. The van der Waals surface area contributed by atoms with E-state index >= 15 is 0 Å². The van der Waals surface area contributed by atoms with E-state index in [1.54, 1.807) is 14.2 Å². The smallest absolute Gasteiger partial charge is 0.0713 e. The fourth-order valence-corrected chi connectivity index (χ4v) is 3.05. The van der Waals surface area contributed by atoms with Gasteiger partial charge in [0.25, 0.3) is 0 Å². The maximum atomic E-state index is 6.38. The van der Waals surface area contributed by atoms with E-state index in [-0.39, 0.29) is 12.1 Å². The van der Waals surface area contributed by atoms with Gasteiger partial charge >= 0.3 is 0 Å². The lowest BCUT2D eigenvalue weighted by Gasteiger charge is -2.40. The van der Waals surface area contributed by atoms with Crippen LogP contribution in [0.3, 0.4) is 0 Å². The number of nitrogens with zero attached hydrogens (tertiary/aromatic N) is 1. The summed E-state index contributed by atoms with van der Waals surface area (Å²) in [7, 11) is 3.47. The third kappa shape index (κ3) is 3.79. The quantitative estimate of drug-likeness (QED) is 0.864. The Balaban J connectivity index is 2.18. The number of methoxy groups -OCH3 is 2. The van der Waals surface area contributed by atoms with Gasteiger partial charge in [0.1, 0.15) is 0 Å². The van der Waals surface area contributed by atoms with Crippen molar-refractivity contribution in [3.05, 3.63) is 35.4 Å². The predicted octanol–water partition coefficient (Wildman–Crippen LogP) is 1.94. The first-order valence-electron chi connectivity index (χ1n) is 7.32. The Bertz CT molecular complexity index is 411. The van der Waals surface area contributed by atoms with Crippen LogP contribution in [-0.4, -0.2) is 44.9 Å². The van der Waals surface area contributed by atoms with E-state index in [1.165, 1.54) is 17.5 Å². The van der Waals surface area contributed by atoms with Crippen molar-refractivity contribution in [2.45, 2.75) is 31.5 Å². The summed E-state index contributed by atoms with van der Waals surface area (Å²) in [5.74, 6) is 0. The van der Waals surface area contributed by atoms with Gasteiger partial charge in [0.05, 0.1) is 13.2 Å². The van der Waals surface area contributed by atoms with Crippen LogP contribution in [0.4, 0.5) is 0 Å². The molecule has 0 aromatic heterocycles. The van der Waals surface area contributed by atoms with Crippen LogP contribution < -0.4 is 5.73 Å². The molecule has 4 heteroatoms. The number of hydrogen-bond acceptors (Lipinski definition) is 4. The zero-order chi connectivity index (χ0) is 14.4.